The largest absolute Gasteiger partial charge is 0.396 e. The molecule has 16 heavy (non-hydrogen) atoms. The molecule has 0 spiro atoms. The molecular weight excluding hydrogens is 210 g/mol. The number of aliphatic hydroxyl groups is 2. The molecule has 0 radical (unpaired) electrons. The minimum atomic E-state index is -0.527. The van der Waals surface area contributed by atoms with Gasteiger partial charge in [0.25, 0.3) is 0 Å². The Kier molecular flexibility index (Phi) is 9.86. The molecule has 0 aromatic rings. The number of hydrogen-bond donors (Lipinski definition) is 3. The molecule has 0 aliphatic heterocycles. The van der Waals surface area contributed by atoms with Gasteiger partial charge in [-0.1, -0.05) is 0 Å². The summed E-state index contributed by atoms with van der Waals surface area (Å²) in [5.41, 5.74) is 0. The maximum atomic E-state index is 9.59. The fourth-order valence-electron chi connectivity index (χ4n) is 1.25. The van der Waals surface area contributed by atoms with Crippen molar-refractivity contribution in [2.24, 2.45) is 0 Å². The van der Waals surface area contributed by atoms with E-state index >= 15 is 0 Å². The van der Waals surface area contributed by atoms with Crippen LogP contribution in [0.3, 0.4) is 0 Å². The molecule has 0 amide bonds. The summed E-state index contributed by atoms with van der Waals surface area (Å²) in [5, 5.41) is 21.4. The van der Waals surface area contributed by atoms with Crippen LogP contribution in [0.2, 0.25) is 0 Å². The number of rotatable bonds is 10. The topological polar surface area (TPSA) is 71.0 Å². The number of aliphatic hydroxyl groups excluding tert-OH is 2. The second-order valence-electron chi connectivity index (χ2n) is 4.07. The van der Waals surface area contributed by atoms with E-state index < -0.39 is 6.10 Å². The fourth-order valence-corrected chi connectivity index (χ4v) is 1.25. The van der Waals surface area contributed by atoms with E-state index in [0.717, 1.165) is 0 Å². The van der Waals surface area contributed by atoms with E-state index in [4.69, 9.17) is 14.6 Å². The first-order valence-corrected chi connectivity index (χ1v) is 5.73. The molecule has 3 N–H and O–H groups in total. The molecule has 0 aromatic carbocycles. The Hall–Kier alpha value is -0.200. The maximum Gasteiger partial charge on any atom is 0.0897 e. The zero-order chi connectivity index (χ0) is 12.4. The van der Waals surface area contributed by atoms with Crippen molar-refractivity contribution in [3.8, 4) is 0 Å². The van der Waals surface area contributed by atoms with Crippen LogP contribution in [0.15, 0.2) is 0 Å². The molecule has 5 nitrogen and oxygen atoms in total. The monoisotopic (exact) mass is 235 g/mol. The van der Waals surface area contributed by atoms with E-state index in [1.54, 1.807) is 7.11 Å². The summed E-state index contributed by atoms with van der Waals surface area (Å²) in [5.74, 6) is 0. The van der Waals surface area contributed by atoms with Crippen molar-refractivity contribution in [1.82, 2.24) is 5.32 Å². The van der Waals surface area contributed by atoms with Crippen LogP contribution in [0.5, 0.6) is 0 Å². The molecule has 0 aromatic heterocycles. The van der Waals surface area contributed by atoms with E-state index in [9.17, 15) is 5.11 Å². The predicted octanol–water partition coefficient (Wildman–Crippen LogP) is -0.241. The van der Waals surface area contributed by atoms with Crippen molar-refractivity contribution in [2.75, 3.05) is 33.5 Å². The summed E-state index contributed by atoms with van der Waals surface area (Å²) < 4.78 is 10.3. The lowest BCUT2D eigenvalue weighted by molar-refractivity contribution is -0.0316. The van der Waals surface area contributed by atoms with Crippen LogP contribution in [0.1, 0.15) is 20.3 Å². The van der Waals surface area contributed by atoms with Crippen LogP contribution in [-0.2, 0) is 9.47 Å². The van der Waals surface area contributed by atoms with E-state index in [0.29, 0.717) is 26.2 Å². The van der Waals surface area contributed by atoms with E-state index in [-0.39, 0.29) is 18.8 Å². The molecule has 0 saturated heterocycles. The highest BCUT2D eigenvalue weighted by atomic mass is 16.5. The predicted molar refractivity (Wildman–Crippen MR) is 62.5 cm³/mol. The lowest BCUT2D eigenvalue weighted by atomic mass is 10.2. The van der Waals surface area contributed by atoms with Gasteiger partial charge in [0, 0.05) is 26.3 Å². The summed E-state index contributed by atoms with van der Waals surface area (Å²) in [4.78, 5) is 0. The summed E-state index contributed by atoms with van der Waals surface area (Å²) in [6, 6.07) is 0.205. The molecule has 0 rings (SSSR count). The molecule has 0 aliphatic rings. The van der Waals surface area contributed by atoms with Crippen LogP contribution in [-0.4, -0.2) is 61.9 Å². The third kappa shape index (κ3) is 9.06. The second-order valence-corrected chi connectivity index (χ2v) is 4.07. The van der Waals surface area contributed by atoms with Gasteiger partial charge in [0.05, 0.1) is 25.4 Å². The molecule has 0 heterocycles. The van der Waals surface area contributed by atoms with Gasteiger partial charge >= 0.3 is 0 Å². The van der Waals surface area contributed by atoms with E-state index in [1.165, 1.54) is 0 Å². The van der Waals surface area contributed by atoms with Crippen molar-refractivity contribution < 1.29 is 19.7 Å². The van der Waals surface area contributed by atoms with Gasteiger partial charge in [-0.25, -0.2) is 0 Å². The second kappa shape index (κ2) is 9.99. The Balaban J connectivity index is 3.46. The van der Waals surface area contributed by atoms with Crippen LogP contribution >= 0.6 is 0 Å². The van der Waals surface area contributed by atoms with Gasteiger partial charge in [-0.15, -0.1) is 0 Å². The quantitative estimate of drug-likeness (QED) is 0.487. The van der Waals surface area contributed by atoms with Crippen molar-refractivity contribution in [1.29, 1.82) is 0 Å². The molecule has 0 bridgehead atoms. The smallest absolute Gasteiger partial charge is 0.0897 e. The molecule has 0 fully saturated rings. The van der Waals surface area contributed by atoms with Gasteiger partial charge in [0.2, 0.25) is 0 Å². The highest BCUT2D eigenvalue weighted by molar-refractivity contribution is 4.65. The van der Waals surface area contributed by atoms with Gasteiger partial charge in [0.1, 0.15) is 0 Å². The minimum Gasteiger partial charge on any atom is -0.396 e. The molecule has 3 atom stereocenters. The first kappa shape index (κ1) is 15.8. The highest BCUT2D eigenvalue weighted by Crippen LogP contribution is 1.95. The third-order valence-corrected chi connectivity index (χ3v) is 2.24. The Morgan fingerprint density at radius 1 is 1.25 bits per heavy atom. The molecule has 0 saturated carbocycles. The number of nitrogens with one attached hydrogen (secondary N) is 1. The van der Waals surface area contributed by atoms with E-state index in [2.05, 4.69) is 5.32 Å². The SMILES string of the molecule is COCC(C)OCC(O)CNC(C)CCO. The minimum absolute atomic E-state index is 0.00508. The van der Waals surface area contributed by atoms with Gasteiger partial charge < -0.3 is 25.0 Å². The zero-order valence-electron chi connectivity index (χ0n) is 10.5. The summed E-state index contributed by atoms with van der Waals surface area (Å²) in [7, 11) is 1.62. The first-order valence-electron chi connectivity index (χ1n) is 5.73. The summed E-state index contributed by atoms with van der Waals surface area (Å²) in [6.07, 6.45) is 0.156. The Bertz CT molecular complexity index is 141. The lowest BCUT2D eigenvalue weighted by Gasteiger charge is -2.18. The Morgan fingerprint density at radius 3 is 2.50 bits per heavy atom. The van der Waals surface area contributed by atoms with Crippen LogP contribution in [0, 0.1) is 0 Å². The van der Waals surface area contributed by atoms with Crippen molar-refractivity contribution >= 4 is 0 Å². The van der Waals surface area contributed by atoms with Crippen molar-refractivity contribution in [3.05, 3.63) is 0 Å². The summed E-state index contributed by atoms with van der Waals surface area (Å²) >= 11 is 0. The molecule has 3 unspecified atom stereocenters. The highest BCUT2D eigenvalue weighted by Gasteiger charge is 2.09. The van der Waals surface area contributed by atoms with Gasteiger partial charge in [0.15, 0.2) is 0 Å². The van der Waals surface area contributed by atoms with Gasteiger partial charge in [-0.05, 0) is 20.3 Å². The average molecular weight is 235 g/mol. The number of ether oxygens (including phenoxy) is 2. The summed E-state index contributed by atoms with van der Waals surface area (Å²) in [6.45, 7) is 5.33. The Morgan fingerprint density at radius 2 is 1.94 bits per heavy atom. The average Bonchev–Trinajstić information content (AvgIpc) is 2.24. The Labute approximate surface area is 97.8 Å². The zero-order valence-corrected chi connectivity index (χ0v) is 10.5. The number of hydrogen-bond acceptors (Lipinski definition) is 5. The number of methoxy groups -OCH3 is 1. The standard InChI is InChI=1S/C11H25NO4/c1-9(4-5-13)12-6-11(14)8-16-10(2)7-15-3/h9-14H,4-8H2,1-3H3. The van der Waals surface area contributed by atoms with Crippen LogP contribution in [0.25, 0.3) is 0 Å². The fraction of sp³-hybridized carbons (Fsp3) is 1.00. The molecule has 98 valence electrons. The molecule has 0 aliphatic carbocycles. The molecule has 5 heteroatoms. The first-order chi connectivity index (χ1) is 7.60. The normalized spacial score (nSPS) is 17.1. The van der Waals surface area contributed by atoms with Crippen molar-refractivity contribution in [3.63, 3.8) is 0 Å². The third-order valence-electron chi connectivity index (χ3n) is 2.24. The maximum absolute atomic E-state index is 9.59. The van der Waals surface area contributed by atoms with Crippen molar-refractivity contribution in [2.45, 2.75) is 38.5 Å². The van der Waals surface area contributed by atoms with E-state index in [1.807, 2.05) is 13.8 Å². The van der Waals surface area contributed by atoms with Gasteiger partial charge in [-0.2, -0.15) is 0 Å². The lowest BCUT2D eigenvalue weighted by Crippen LogP contribution is -2.37. The molecular formula is C11H25NO4. The van der Waals surface area contributed by atoms with Crippen LogP contribution in [0.4, 0.5) is 0 Å². The van der Waals surface area contributed by atoms with Gasteiger partial charge in [-0.3, -0.25) is 0 Å². The van der Waals surface area contributed by atoms with Crippen LogP contribution < -0.4 is 5.32 Å².